The number of fused-ring (bicyclic) bond motifs is 1. The lowest BCUT2D eigenvalue weighted by molar-refractivity contribution is 0.0696. The summed E-state index contributed by atoms with van der Waals surface area (Å²) >= 11 is 1.64. The molecular weight excluding hydrogens is 380 g/mol. The number of nitrogens with zero attached hydrogens (tertiary/aromatic N) is 2. The third kappa shape index (κ3) is 3.67. The van der Waals surface area contributed by atoms with Gasteiger partial charge in [0.1, 0.15) is 5.00 Å². The van der Waals surface area contributed by atoms with Crippen molar-refractivity contribution in [3.63, 3.8) is 0 Å². The van der Waals surface area contributed by atoms with Crippen molar-refractivity contribution < 1.29 is 9.90 Å². The van der Waals surface area contributed by atoms with Crippen LogP contribution in [-0.4, -0.2) is 21.9 Å². The molecule has 0 saturated heterocycles. The van der Waals surface area contributed by atoms with Crippen molar-refractivity contribution in [3.05, 3.63) is 68.9 Å². The number of rotatable bonds is 5. The molecule has 0 aliphatic heterocycles. The second-order valence-corrected chi connectivity index (χ2v) is 8.72. The molecule has 1 N–H and O–H groups in total. The first-order valence-electron chi connectivity index (χ1n) is 10.2. The molecule has 150 valence electrons. The molecule has 0 bridgehead atoms. The Morgan fingerprint density at radius 3 is 2.62 bits per heavy atom. The Kier molecular flexibility index (Phi) is 5.41. The number of carboxylic acids is 1. The molecule has 1 aromatic carbocycles. The van der Waals surface area contributed by atoms with Crippen LogP contribution >= 0.6 is 11.3 Å². The molecule has 29 heavy (non-hydrogen) atoms. The summed E-state index contributed by atoms with van der Waals surface area (Å²) < 4.78 is 2.09. The van der Waals surface area contributed by atoms with Crippen LogP contribution in [0.5, 0.6) is 0 Å². The predicted octanol–water partition coefficient (Wildman–Crippen LogP) is 6.05. The van der Waals surface area contributed by atoms with Gasteiger partial charge < -0.3 is 9.67 Å². The fourth-order valence-corrected chi connectivity index (χ4v) is 5.61. The zero-order valence-electron chi connectivity index (χ0n) is 17.2. The van der Waals surface area contributed by atoms with Gasteiger partial charge in [0.05, 0.1) is 11.3 Å². The maximum absolute atomic E-state index is 12.1. The number of aromatic nitrogens is 1. The highest BCUT2D eigenvalue weighted by Crippen LogP contribution is 2.38. The quantitative estimate of drug-likeness (QED) is 0.525. The SMILES string of the molecule is CCc1ccc(N=Cc2cc(C)n(-c3sc4c(c3C(=O)O)CCCC4)c2C)cc1. The minimum Gasteiger partial charge on any atom is -0.478 e. The summed E-state index contributed by atoms with van der Waals surface area (Å²) in [6, 6.07) is 10.4. The molecular formula is C24H26N2O2S. The Morgan fingerprint density at radius 1 is 1.21 bits per heavy atom. The molecule has 0 amide bonds. The fraction of sp³-hybridized carbons (Fsp3) is 0.333. The maximum Gasteiger partial charge on any atom is 0.339 e. The van der Waals surface area contributed by atoms with Crippen molar-refractivity contribution in [3.8, 4) is 5.00 Å². The number of hydrogen-bond donors (Lipinski definition) is 1. The molecule has 0 saturated carbocycles. The summed E-state index contributed by atoms with van der Waals surface area (Å²) in [5, 5.41) is 10.8. The molecule has 1 aliphatic carbocycles. The van der Waals surface area contributed by atoms with E-state index in [1.165, 1.54) is 10.4 Å². The highest BCUT2D eigenvalue weighted by Gasteiger charge is 2.27. The van der Waals surface area contributed by atoms with Crippen molar-refractivity contribution >= 4 is 29.2 Å². The molecule has 0 fully saturated rings. The predicted molar refractivity (Wildman–Crippen MR) is 120 cm³/mol. The molecule has 5 heteroatoms. The van der Waals surface area contributed by atoms with Crippen molar-refractivity contribution in [1.29, 1.82) is 0 Å². The Morgan fingerprint density at radius 2 is 1.93 bits per heavy atom. The summed E-state index contributed by atoms with van der Waals surface area (Å²) in [6.07, 6.45) is 6.97. The van der Waals surface area contributed by atoms with Gasteiger partial charge in [-0.05, 0) is 75.3 Å². The van der Waals surface area contributed by atoms with Crippen LogP contribution in [-0.2, 0) is 19.3 Å². The maximum atomic E-state index is 12.1. The summed E-state index contributed by atoms with van der Waals surface area (Å²) in [4.78, 5) is 18.0. The summed E-state index contributed by atoms with van der Waals surface area (Å²) in [5.41, 5.74) is 6.83. The standard InChI is InChI=1S/C24H26N2O2S/c1-4-17-9-11-19(12-10-17)25-14-18-13-15(2)26(16(18)3)23-22(24(27)28)20-7-5-6-8-21(20)29-23/h9-14H,4-8H2,1-3H3,(H,27,28). The first kappa shape index (κ1) is 19.6. The van der Waals surface area contributed by atoms with Gasteiger partial charge in [0, 0.05) is 28.0 Å². The van der Waals surface area contributed by atoms with Gasteiger partial charge >= 0.3 is 5.97 Å². The first-order chi connectivity index (χ1) is 14.0. The zero-order chi connectivity index (χ0) is 20.5. The van der Waals surface area contributed by atoms with Crippen LogP contribution in [0, 0.1) is 13.8 Å². The lowest BCUT2D eigenvalue weighted by Crippen LogP contribution is -2.09. The van der Waals surface area contributed by atoms with E-state index in [1.54, 1.807) is 11.3 Å². The van der Waals surface area contributed by atoms with E-state index in [-0.39, 0.29) is 0 Å². The molecule has 2 aromatic heterocycles. The summed E-state index contributed by atoms with van der Waals surface area (Å²) in [5.74, 6) is -0.821. The van der Waals surface area contributed by atoms with Crippen LogP contribution in [0.2, 0.25) is 0 Å². The number of thiophene rings is 1. The van der Waals surface area contributed by atoms with E-state index in [1.807, 2.05) is 32.2 Å². The molecule has 0 radical (unpaired) electrons. The average molecular weight is 407 g/mol. The summed E-state index contributed by atoms with van der Waals surface area (Å²) in [7, 11) is 0. The molecule has 1 aliphatic rings. The van der Waals surface area contributed by atoms with E-state index in [2.05, 4.69) is 34.7 Å². The molecule has 0 spiro atoms. The minimum absolute atomic E-state index is 0.491. The largest absolute Gasteiger partial charge is 0.478 e. The van der Waals surface area contributed by atoms with Crippen molar-refractivity contribution in [2.45, 2.75) is 52.9 Å². The monoisotopic (exact) mass is 406 g/mol. The molecule has 0 atom stereocenters. The van der Waals surface area contributed by atoms with Gasteiger partial charge in [-0.15, -0.1) is 11.3 Å². The van der Waals surface area contributed by atoms with Crippen LogP contribution in [0.1, 0.15) is 63.1 Å². The van der Waals surface area contributed by atoms with E-state index in [4.69, 9.17) is 0 Å². The van der Waals surface area contributed by atoms with E-state index in [0.29, 0.717) is 5.56 Å². The van der Waals surface area contributed by atoms with Gasteiger partial charge in [-0.1, -0.05) is 19.1 Å². The Labute approximate surface area is 175 Å². The zero-order valence-corrected chi connectivity index (χ0v) is 18.0. The van der Waals surface area contributed by atoms with Gasteiger partial charge in [-0.25, -0.2) is 4.79 Å². The van der Waals surface area contributed by atoms with Crippen LogP contribution < -0.4 is 0 Å². The lowest BCUT2D eigenvalue weighted by atomic mass is 9.95. The number of aliphatic imine (C=N–C) groups is 1. The van der Waals surface area contributed by atoms with Crippen molar-refractivity contribution in [2.75, 3.05) is 0 Å². The third-order valence-corrected chi connectivity index (χ3v) is 7.01. The van der Waals surface area contributed by atoms with E-state index in [0.717, 1.165) is 65.3 Å². The summed E-state index contributed by atoms with van der Waals surface area (Å²) in [6.45, 7) is 6.21. The lowest BCUT2D eigenvalue weighted by Gasteiger charge is -2.11. The number of hydrogen-bond acceptors (Lipinski definition) is 3. The molecule has 3 aromatic rings. The first-order valence-corrected chi connectivity index (χ1v) is 11.0. The van der Waals surface area contributed by atoms with E-state index >= 15 is 0 Å². The molecule has 2 heterocycles. The van der Waals surface area contributed by atoms with Crippen LogP contribution in [0.25, 0.3) is 5.00 Å². The van der Waals surface area contributed by atoms with Crippen LogP contribution in [0.15, 0.2) is 35.3 Å². The third-order valence-electron chi connectivity index (χ3n) is 5.74. The second-order valence-electron chi connectivity index (χ2n) is 7.64. The van der Waals surface area contributed by atoms with Gasteiger partial charge in [0.2, 0.25) is 0 Å². The van der Waals surface area contributed by atoms with Gasteiger partial charge in [0.15, 0.2) is 0 Å². The van der Waals surface area contributed by atoms with Gasteiger partial charge in [0.25, 0.3) is 0 Å². The number of aromatic carboxylic acids is 1. The highest BCUT2D eigenvalue weighted by molar-refractivity contribution is 7.15. The van der Waals surface area contributed by atoms with Crippen LogP contribution in [0.4, 0.5) is 5.69 Å². The van der Waals surface area contributed by atoms with Crippen LogP contribution in [0.3, 0.4) is 0 Å². The van der Waals surface area contributed by atoms with Gasteiger partial charge in [-0.2, -0.15) is 0 Å². The van der Waals surface area contributed by atoms with Crippen molar-refractivity contribution in [1.82, 2.24) is 4.57 Å². The molecule has 0 unspecified atom stereocenters. The number of aryl methyl sites for hydroxylation is 3. The molecule has 4 rings (SSSR count). The minimum atomic E-state index is -0.821. The number of carbonyl (C=O) groups is 1. The number of benzene rings is 1. The molecule has 4 nitrogen and oxygen atoms in total. The Hall–Kier alpha value is -2.66. The van der Waals surface area contributed by atoms with Gasteiger partial charge in [-0.3, -0.25) is 4.99 Å². The average Bonchev–Trinajstić information content (AvgIpc) is 3.23. The second kappa shape index (κ2) is 7.99. The normalized spacial score (nSPS) is 13.8. The topological polar surface area (TPSA) is 54.6 Å². The highest BCUT2D eigenvalue weighted by atomic mass is 32.1. The smallest absolute Gasteiger partial charge is 0.339 e. The van der Waals surface area contributed by atoms with E-state index < -0.39 is 5.97 Å². The fourth-order valence-electron chi connectivity index (χ4n) is 4.12. The Balaban J connectivity index is 1.73. The Bertz CT molecular complexity index is 1090. The van der Waals surface area contributed by atoms with E-state index in [9.17, 15) is 9.90 Å². The number of carboxylic acid groups (broad SMARTS) is 1. The van der Waals surface area contributed by atoms with Crippen molar-refractivity contribution in [2.24, 2.45) is 4.99 Å².